The number of methoxy groups -OCH3 is 1. The number of benzene rings is 1. The summed E-state index contributed by atoms with van der Waals surface area (Å²) in [5, 5.41) is 12.3. The Morgan fingerprint density at radius 3 is 2.84 bits per heavy atom. The van der Waals surface area contributed by atoms with Crippen LogP contribution in [0.25, 0.3) is 0 Å². The Bertz CT molecular complexity index is 611. The van der Waals surface area contributed by atoms with Crippen molar-refractivity contribution in [2.45, 2.75) is 0 Å². The van der Waals surface area contributed by atoms with Gasteiger partial charge in [0.05, 0.1) is 23.2 Å². The van der Waals surface area contributed by atoms with Gasteiger partial charge in [0.15, 0.2) is 0 Å². The van der Waals surface area contributed by atoms with Crippen LogP contribution in [0.4, 0.5) is 10.1 Å². The lowest BCUT2D eigenvalue weighted by atomic mass is 10.2. The summed E-state index contributed by atoms with van der Waals surface area (Å²) in [5.74, 6) is -1.00. The second-order valence-electron chi connectivity index (χ2n) is 3.66. The standard InChI is InChI=1S/C13H11FN2O2S/c1-18-13(17)8-4-5-9(14)10(7-8)16-12(15)11-3-2-6-19-11/h2-7H,1H3,(H2,15,16). The fraction of sp³-hybridized carbons (Fsp3) is 0.0769. The number of carbonyl (C=O) groups is 1. The molecule has 6 heteroatoms. The first kappa shape index (κ1) is 13.2. The molecule has 1 aromatic carbocycles. The smallest absolute Gasteiger partial charge is 0.337 e. The lowest BCUT2D eigenvalue weighted by molar-refractivity contribution is 0.0600. The van der Waals surface area contributed by atoms with Gasteiger partial charge in [0.2, 0.25) is 0 Å². The number of thiophene rings is 1. The van der Waals surface area contributed by atoms with Gasteiger partial charge in [-0.05, 0) is 29.6 Å². The molecule has 0 atom stereocenters. The number of nitrogens with one attached hydrogen (secondary N) is 2. The minimum Gasteiger partial charge on any atom is -0.465 e. The third kappa shape index (κ3) is 2.97. The quantitative estimate of drug-likeness (QED) is 0.515. The molecule has 1 aromatic heterocycles. The molecule has 0 amide bonds. The summed E-state index contributed by atoms with van der Waals surface area (Å²) in [6, 6.07) is 7.38. The Labute approximate surface area is 113 Å². The Morgan fingerprint density at radius 1 is 1.42 bits per heavy atom. The van der Waals surface area contributed by atoms with Crippen molar-refractivity contribution in [1.29, 1.82) is 5.41 Å². The molecule has 0 aliphatic rings. The summed E-state index contributed by atoms with van der Waals surface area (Å²) >= 11 is 1.37. The third-order valence-electron chi connectivity index (χ3n) is 2.41. The first-order valence-electron chi connectivity index (χ1n) is 5.39. The summed E-state index contributed by atoms with van der Waals surface area (Å²) in [6.07, 6.45) is 0. The van der Waals surface area contributed by atoms with Crippen molar-refractivity contribution in [3.8, 4) is 0 Å². The summed E-state index contributed by atoms with van der Waals surface area (Å²) in [5.41, 5.74) is 0.298. The number of halogens is 1. The zero-order valence-electron chi connectivity index (χ0n) is 10.1. The highest BCUT2D eigenvalue weighted by molar-refractivity contribution is 7.12. The van der Waals surface area contributed by atoms with E-state index in [0.29, 0.717) is 4.88 Å². The molecule has 0 bridgehead atoms. The lowest BCUT2D eigenvalue weighted by Gasteiger charge is -2.09. The molecular formula is C13H11FN2O2S. The number of anilines is 1. The van der Waals surface area contributed by atoms with Crippen LogP contribution in [0.15, 0.2) is 35.7 Å². The van der Waals surface area contributed by atoms with Gasteiger partial charge in [-0.1, -0.05) is 6.07 Å². The average molecular weight is 278 g/mol. The molecule has 1 heterocycles. The molecule has 0 aliphatic carbocycles. The highest BCUT2D eigenvalue weighted by Crippen LogP contribution is 2.19. The number of hydrogen-bond donors (Lipinski definition) is 2. The third-order valence-corrected chi connectivity index (χ3v) is 3.30. The molecule has 19 heavy (non-hydrogen) atoms. The summed E-state index contributed by atoms with van der Waals surface area (Å²) in [7, 11) is 1.26. The van der Waals surface area contributed by atoms with Crippen molar-refractivity contribution in [2.75, 3.05) is 12.4 Å². The number of hydrogen-bond acceptors (Lipinski definition) is 4. The van der Waals surface area contributed by atoms with Crippen LogP contribution in [0.3, 0.4) is 0 Å². The van der Waals surface area contributed by atoms with Crippen molar-refractivity contribution in [3.63, 3.8) is 0 Å². The molecule has 0 radical (unpaired) electrons. The monoisotopic (exact) mass is 278 g/mol. The van der Waals surface area contributed by atoms with Crippen molar-refractivity contribution < 1.29 is 13.9 Å². The number of amidine groups is 1. The average Bonchev–Trinajstić information content (AvgIpc) is 2.94. The summed E-state index contributed by atoms with van der Waals surface area (Å²) < 4.78 is 18.2. The van der Waals surface area contributed by atoms with Crippen molar-refractivity contribution >= 4 is 28.8 Å². The van der Waals surface area contributed by atoms with E-state index < -0.39 is 11.8 Å². The van der Waals surface area contributed by atoms with Gasteiger partial charge in [-0.25, -0.2) is 9.18 Å². The van der Waals surface area contributed by atoms with Gasteiger partial charge in [0.1, 0.15) is 11.7 Å². The van der Waals surface area contributed by atoms with E-state index in [0.717, 1.165) is 6.07 Å². The van der Waals surface area contributed by atoms with Crippen LogP contribution < -0.4 is 5.32 Å². The molecule has 2 rings (SSSR count). The number of carbonyl (C=O) groups excluding carboxylic acids is 1. The van der Waals surface area contributed by atoms with E-state index in [9.17, 15) is 9.18 Å². The fourth-order valence-corrected chi connectivity index (χ4v) is 2.11. The maximum atomic E-state index is 13.6. The van der Waals surface area contributed by atoms with Crippen LogP contribution >= 0.6 is 11.3 Å². The predicted molar refractivity (Wildman–Crippen MR) is 72.5 cm³/mol. The van der Waals surface area contributed by atoms with E-state index in [1.54, 1.807) is 12.1 Å². The van der Waals surface area contributed by atoms with E-state index in [4.69, 9.17) is 5.41 Å². The molecule has 0 saturated heterocycles. The molecule has 0 saturated carbocycles. The zero-order chi connectivity index (χ0) is 13.8. The lowest BCUT2D eigenvalue weighted by Crippen LogP contribution is -2.12. The molecule has 0 unspecified atom stereocenters. The molecule has 98 valence electrons. The Hall–Kier alpha value is -2.21. The van der Waals surface area contributed by atoms with Gasteiger partial charge >= 0.3 is 5.97 Å². The maximum absolute atomic E-state index is 13.6. The van der Waals surface area contributed by atoms with Crippen LogP contribution in [0.5, 0.6) is 0 Å². The molecule has 0 aliphatic heterocycles. The molecule has 0 spiro atoms. The van der Waals surface area contributed by atoms with Crippen LogP contribution in [0.2, 0.25) is 0 Å². The van der Waals surface area contributed by atoms with Crippen LogP contribution in [0, 0.1) is 11.2 Å². The normalized spacial score (nSPS) is 10.0. The van der Waals surface area contributed by atoms with Crippen molar-refractivity contribution in [1.82, 2.24) is 0 Å². The van der Waals surface area contributed by atoms with Crippen LogP contribution in [-0.4, -0.2) is 18.9 Å². The van der Waals surface area contributed by atoms with Gasteiger partial charge in [-0.15, -0.1) is 11.3 Å². The van der Waals surface area contributed by atoms with Gasteiger partial charge in [0.25, 0.3) is 0 Å². The van der Waals surface area contributed by atoms with E-state index in [1.165, 1.54) is 30.6 Å². The summed E-state index contributed by atoms with van der Waals surface area (Å²) in [4.78, 5) is 12.1. The van der Waals surface area contributed by atoms with E-state index in [2.05, 4.69) is 10.1 Å². The molecule has 2 aromatic rings. The summed E-state index contributed by atoms with van der Waals surface area (Å²) in [6.45, 7) is 0. The van der Waals surface area contributed by atoms with Gasteiger partial charge in [-0.3, -0.25) is 5.41 Å². The molecular weight excluding hydrogens is 267 g/mol. The van der Waals surface area contributed by atoms with Crippen LogP contribution in [0.1, 0.15) is 15.2 Å². The van der Waals surface area contributed by atoms with Crippen molar-refractivity contribution in [2.24, 2.45) is 0 Å². The first-order valence-corrected chi connectivity index (χ1v) is 6.27. The molecule has 2 N–H and O–H groups in total. The van der Waals surface area contributed by atoms with Gasteiger partial charge < -0.3 is 10.1 Å². The SMILES string of the molecule is COC(=O)c1ccc(F)c(NC(=N)c2cccs2)c1. The molecule has 4 nitrogen and oxygen atoms in total. The minimum absolute atomic E-state index is 0.0706. The van der Waals surface area contributed by atoms with E-state index >= 15 is 0 Å². The largest absolute Gasteiger partial charge is 0.465 e. The Kier molecular flexibility index (Phi) is 3.91. The van der Waals surface area contributed by atoms with Crippen molar-refractivity contribution in [3.05, 3.63) is 52.0 Å². The number of rotatable bonds is 3. The van der Waals surface area contributed by atoms with Crippen LogP contribution in [-0.2, 0) is 4.74 Å². The first-order chi connectivity index (χ1) is 9.11. The molecule has 0 fully saturated rings. The minimum atomic E-state index is -0.550. The van der Waals surface area contributed by atoms with Gasteiger partial charge in [-0.2, -0.15) is 0 Å². The van der Waals surface area contributed by atoms with E-state index in [-0.39, 0.29) is 17.1 Å². The number of ether oxygens (including phenoxy) is 1. The van der Waals surface area contributed by atoms with E-state index in [1.807, 2.05) is 5.38 Å². The zero-order valence-corrected chi connectivity index (χ0v) is 10.9. The fourth-order valence-electron chi connectivity index (χ4n) is 1.48. The second kappa shape index (κ2) is 5.62. The Morgan fingerprint density at radius 2 is 2.21 bits per heavy atom. The highest BCUT2D eigenvalue weighted by atomic mass is 32.1. The topological polar surface area (TPSA) is 62.2 Å². The highest BCUT2D eigenvalue weighted by Gasteiger charge is 2.11. The second-order valence-corrected chi connectivity index (χ2v) is 4.61. The maximum Gasteiger partial charge on any atom is 0.337 e. The van der Waals surface area contributed by atoms with Gasteiger partial charge in [0, 0.05) is 0 Å². The Balaban J connectivity index is 2.24. The number of esters is 1. The predicted octanol–water partition coefficient (Wildman–Crippen LogP) is 3.11.